The van der Waals surface area contributed by atoms with Crippen LogP contribution in [0.1, 0.15) is 26.7 Å². The molecule has 0 heterocycles. The van der Waals surface area contributed by atoms with Gasteiger partial charge in [-0.2, -0.15) is 0 Å². The van der Waals surface area contributed by atoms with Crippen molar-refractivity contribution < 1.29 is 19.0 Å². The summed E-state index contributed by atoms with van der Waals surface area (Å²) in [6, 6.07) is -1.24. The molecule has 0 aromatic heterocycles. The lowest BCUT2D eigenvalue weighted by Crippen LogP contribution is -2.34. The Kier molecular flexibility index (Phi) is 7.68. The summed E-state index contributed by atoms with van der Waals surface area (Å²) in [6.07, 6.45) is 4.30. The van der Waals surface area contributed by atoms with Gasteiger partial charge in [-0.1, -0.05) is 19.4 Å². The number of carbonyl (C=O) groups is 1. The summed E-state index contributed by atoms with van der Waals surface area (Å²) in [5.74, 6) is -1.21. The van der Waals surface area contributed by atoms with Gasteiger partial charge in [0.1, 0.15) is 6.04 Å². The van der Waals surface area contributed by atoms with Crippen LogP contribution in [0, 0.1) is 0 Å². The summed E-state index contributed by atoms with van der Waals surface area (Å²) in [5.41, 5.74) is 11.7. The lowest BCUT2D eigenvalue weighted by molar-refractivity contribution is -0.138. The zero-order valence-electron chi connectivity index (χ0n) is 11.6. The molecule has 19 heavy (non-hydrogen) atoms. The third-order valence-electron chi connectivity index (χ3n) is 2.63. The minimum atomic E-state index is -3.33. The van der Waals surface area contributed by atoms with Crippen molar-refractivity contribution in [1.82, 2.24) is 0 Å². The van der Waals surface area contributed by atoms with Crippen molar-refractivity contribution in [1.29, 1.82) is 0 Å². The second-order valence-corrected chi connectivity index (χ2v) is 6.75. The highest BCUT2D eigenvalue weighted by Gasteiger charge is 2.33. The molecule has 0 saturated heterocycles. The number of aliphatic carboxylic acids is 1. The molecule has 0 aliphatic carbocycles. The van der Waals surface area contributed by atoms with E-state index in [1.807, 2.05) is 6.92 Å². The number of carboxylic acid groups (broad SMARTS) is 1. The number of hydrogen-bond donors (Lipinski definition) is 3. The Hall–Kier alpha value is -1.10. The first-order valence-electron chi connectivity index (χ1n) is 6.07. The molecule has 110 valence electrons. The number of nitrogens with two attached hydrogens (primary N) is 2. The molecule has 7 heteroatoms. The predicted octanol–water partition coefficient (Wildman–Crippen LogP) is 1.87. The Morgan fingerprint density at radius 3 is 2.47 bits per heavy atom. The van der Waals surface area contributed by atoms with Crippen LogP contribution >= 0.6 is 7.37 Å². The average Bonchev–Trinajstić information content (AvgIpc) is 2.35. The predicted molar refractivity (Wildman–Crippen MR) is 76.0 cm³/mol. The molecule has 0 aliphatic heterocycles. The van der Waals surface area contributed by atoms with Gasteiger partial charge < -0.3 is 21.1 Å². The van der Waals surface area contributed by atoms with Gasteiger partial charge in [0.2, 0.25) is 7.37 Å². The van der Waals surface area contributed by atoms with Crippen molar-refractivity contribution in [3.8, 4) is 0 Å². The van der Waals surface area contributed by atoms with Crippen molar-refractivity contribution in [2.75, 3.05) is 13.3 Å². The van der Waals surface area contributed by atoms with Crippen LogP contribution in [0.4, 0.5) is 0 Å². The minimum Gasteiger partial charge on any atom is -0.480 e. The van der Waals surface area contributed by atoms with Crippen LogP contribution in [0.15, 0.2) is 23.2 Å². The van der Waals surface area contributed by atoms with Gasteiger partial charge >= 0.3 is 5.97 Å². The van der Waals surface area contributed by atoms with Crippen LogP contribution in [0.2, 0.25) is 0 Å². The zero-order valence-corrected chi connectivity index (χ0v) is 12.5. The minimum absolute atomic E-state index is 0.258. The Morgan fingerprint density at radius 2 is 2.11 bits per heavy atom. The van der Waals surface area contributed by atoms with E-state index in [9.17, 15) is 9.36 Å². The van der Waals surface area contributed by atoms with Crippen molar-refractivity contribution in [2.24, 2.45) is 11.5 Å². The average molecular weight is 290 g/mol. The van der Waals surface area contributed by atoms with E-state index in [0.717, 1.165) is 6.42 Å². The summed E-state index contributed by atoms with van der Waals surface area (Å²) in [4.78, 5) is 10.8. The molecule has 0 saturated carbocycles. The molecule has 0 amide bonds. The zero-order chi connectivity index (χ0) is 15.1. The van der Waals surface area contributed by atoms with Crippen LogP contribution in [-0.4, -0.2) is 30.4 Å². The molecular weight excluding hydrogens is 267 g/mol. The monoisotopic (exact) mass is 290 g/mol. The van der Waals surface area contributed by atoms with Gasteiger partial charge in [0.15, 0.2) is 0 Å². The normalized spacial score (nSPS) is 17.9. The van der Waals surface area contributed by atoms with Crippen LogP contribution in [0.25, 0.3) is 0 Å². The van der Waals surface area contributed by atoms with Gasteiger partial charge in [0, 0.05) is 18.1 Å². The first-order chi connectivity index (χ1) is 8.82. The Labute approximate surface area is 113 Å². The molecule has 0 aliphatic rings. The number of allylic oxidation sites excluding steroid dienone is 3. The van der Waals surface area contributed by atoms with E-state index >= 15 is 0 Å². The standard InChI is InChI=1S/C12H23N2O4P/c1-4-6-9(13)11(7-5-2)19(17,18-3)8-10(14)12(15)16/h4,6,10H,5,7-8,13-14H2,1-3H3,(H,15,16)/b6-4-,11-9-/t10-,19?/m0/s1. The third-order valence-corrected chi connectivity index (χ3v) is 5.39. The number of carboxylic acids is 1. The Morgan fingerprint density at radius 1 is 1.53 bits per heavy atom. The fraction of sp³-hybridized carbons (Fsp3) is 0.583. The van der Waals surface area contributed by atoms with Crippen LogP contribution < -0.4 is 11.5 Å². The molecule has 0 aromatic carbocycles. The first kappa shape index (κ1) is 17.9. The largest absolute Gasteiger partial charge is 0.480 e. The van der Waals surface area contributed by atoms with E-state index in [2.05, 4.69) is 0 Å². The molecule has 2 atom stereocenters. The van der Waals surface area contributed by atoms with E-state index in [4.69, 9.17) is 21.1 Å². The molecule has 0 bridgehead atoms. The molecule has 0 radical (unpaired) electrons. The second-order valence-electron chi connectivity index (χ2n) is 4.14. The van der Waals surface area contributed by atoms with Gasteiger partial charge in [-0.25, -0.2) is 0 Å². The molecule has 5 N–H and O–H groups in total. The van der Waals surface area contributed by atoms with Gasteiger partial charge in [0.25, 0.3) is 0 Å². The number of hydrogen-bond acceptors (Lipinski definition) is 5. The van der Waals surface area contributed by atoms with Crippen molar-refractivity contribution in [3.63, 3.8) is 0 Å². The topological polar surface area (TPSA) is 116 Å². The van der Waals surface area contributed by atoms with Crippen LogP contribution in [0.5, 0.6) is 0 Å². The van der Waals surface area contributed by atoms with Crippen molar-refractivity contribution in [3.05, 3.63) is 23.2 Å². The second kappa shape index (κ2) is 8.15. The fourth-order valence-electron chi connectivity index (χ4n) is 1.66. The first-order valence-corrected chi connectivity index (χ1v) is 7.88. The molecular formula is C12H23N2O4P. The van der Waals surface area contributed by atoms with Gasteiger partial charge in [-0.05, 0) is 19.4 Å². The molecule has 0 rings (SSSR count). The summed E-state index contributed by atoms with van der Waals surface area (Å²) >= 11 is 0. The van der Waals surface area contributed by atoms with E-state index in [-0.39, 0.29) is 6.16 Å². The fourth-order valence-corrected chi connectivity index (χ4v) is 3.95. The summed E-state index contributed by atoms with van der Waals surface area (Å²) in [7, 11) is -2.04. The van der Waals surface area contributed by atoms with Crippen LogP contribution in [-0.2, 0) is 13.9 Å². The van der Waals surface area contributed by atoms with Gasteiger partial charge in [-0.15, -0.1) is 0 Å². The molecule has 1 unspecified atom stereocenters. The molecule has 6 nitrogen and oxygen atoms in total. The molecule has 0 fully saturated rings. The summed E-state index contributed by atoms with van der Waals surface area (Å²) in [5, 5.41) is 9.28. The maximum Gasteiger partial charge on any atom is 0.321 e. The highest BCUT2D eigenvalue weighted by Crippen LogP contribution is 2.57. The van der Waals surface area contributed by atoms with Crippen LogP contribution in [0.3, 0.4) is 0 Å². The highest BCUT2D eigenvalue weighted by molar-refractivity contribution is 7.63. The van der Waals surface area contributed by atoms with E-state index in [1.54, 1.807) is 19.1 Å². The van der Waals surface area contributed by atoms with E-state index in [1.165, 1.54) is 7.11 Å². The van der Waals surface area contributed by atoms with Gasteiger partial charge in [0.05, 0.1) is 6.16 Å². The Balaban J connectivity index is 5.52. The summed E-state index contributed by atoms with van der Waals surface area (Å²) in [6.45, 7) is 3.71. The maximum absolute atomic E-state index is 12.8. The Bertz CT molecular complexity index is 418. The quantitative estimate of drug-likeness (QED) is 0.464. The van der Waals surface area contributed by atoms with Crippen molar-refractivity contribution in [2.45, 2.75) is 32.7 Å². The third kappa shape index (κ3) is 5.19. The lowest BCUT2D eigenvalue weighted by Gasteiger charge is -2.22. The highest BCUT2D eigenvalue weighted by atomic mass is 31.2. The molecule has 0 spiro atoms. The van der Waals surface area contributed by atoms with E-state index < -0.39 is 19.4 Å². The van der Waals surface area contributed by atoms with E-state index in [0.29, 0.717) is 17.4 Å². The summed E-state index contributed by atoms with van der Waals surface area (Å²) < 4.78 is 17.8. The van der Waals surface area contributed by atoms with Crippen molar-refractivity contribution >= 4 is 13.3 Å². The number of rotatable bonds is 8. The van der Waals surface area contributed by atoms with Gasteiger partial charge in [-0.3, -0.25) is 9.36 Å². The SMILES string of the molecule is C/C=C\C(N)=C(/CCC)P(=O)(C[C@H](N)C(=O)O)OC. The molecule has 0 aromatic rings. The smallest absolute Gasteiger partial charge is 0.321 e. The lowest BCUT2D eigenvalue weighted by atomic mass is 10.2. The maximum atomic E-state index is 12.8.